The maximum atomic E-state index is 12.4. The van der Waals surface area contributed by atoms with Crippen LogP contribution in [0.5, 0.6) is 17.6 Å². The molecule has 6 aromatic rings. The molecule has 0 aromatic carbocycles. The number of amides is 2. The Hall–Kier alpha value is -5.21. The molecule has 3 saturated carbocycles. The van der Waals surface area contributed by atoms with E-state index < -0.39 is 14.3 Å². The summed E-state index contributed by atoms with van der Waals surface area (Å²) in [6.07, 6.45) is 26.1. The normalized spacial score (nSPS) is 20.4. The summed E-state index contributed by atoms with van der Waals surface area (Å²) in [6, 6.07) is 1.97. The van der Waals surface area contributed by atoms with Gasteiger partial charge in [-0.3, -0.25) is 14.4 Å². The topological polar surface area (TPSA) is 295 Å². The Bertz CT molecular complexity index is 3380. The lowest BCUT2D eigenvalue weighted by molar-refractivity contribution is -0.137. The summed E-state index contributed by atoms with van der Waals surface area (Å²) in [6.45, 7) is 20.2. The van der Waals surface area contributed by atoms with Gasteiger partial charge in [-0.15, -0.1) is 34.0 Å². The summed E-state index contributed by atoms with van der Waals surface area (Å²) in [7, 11) is 11.2. The summed E-state index contributed by atoms with van der Waals surface area (Å²) in [5.74, 6) is 1.61. The Kier molecular flexibility index (Phi) is 34.3. The summed E-state index contributed by atoms with van der Waals surface area (Å²) < 4.78 is 24.7. The Morgan fingerprint density at radius 2 is 0.912 bits per heavy atom. The van der Waals surface area contributed by atoms with Crippen LogP contribution >= 0.6 is 34.0 Å². The van der Waals surface area contributed by atoms with Crippen LogP contribution in [-0.2, 0) is 57.7 Å². The molecule has 102 heavy (non-hydrogen) atoms. The first-order valence-corrected chi connectivity index (χ1v) is 42.5. The molecule has 3 fully saturated rings. The number of carbonyl (C=O) groups is 3. The van der Waals surface area contributed by atoms with E-state index in [2.05, 4.69) is 140 Å². The average molecular weight is 1490 g/mol. The number of aromatic nitrogens is 6. The van der Waals surface area contributed by atoms with Gasteiger partial charge in [0.2, 0.25) is 29.5 Å². The largest absolute Gasteiger partial charge is 0.481 e. The highest BCUT2D eigenvalue weighted by Gasteiger charge is 2.38. The van der Waals surface area contributed by atoms with Gasteiger partial charge in [0, 0.05) is 122 Å². The van der Waals surface area contributed by atoms with Crippen LogP contribution in [0.25, 0.3) is 30.6 Å². The van der Waals surface area contributed by atoms with Crippen molar-refractivity contribution < 1.29 is 58.6 Å². The molecule has 3 aliphatic heterocycles. The van der Waals surface area contributed by atoms with E-state index in [0.29, 0.717) is 75.6 Å². The maximum absolute atomic E-state index is 12.4. The van der Waals surface area contributed by atoms with E-state index in [1.165, 1.54) is 38.6 Å². The minimum absolute atomic E-state index is 0.00572. The van der Waals surface area contributed by atoms with Gasteiger partial charge in [0.25, 0.3) is 0 Å². The summed E-state index contributed by atoms with van der Waals surface area (Å²) >= 11 is 5.22. The molecule has 12 rings (SSSR count). The smallest absolute Gasteiger partial charge is 0.305 e. The molecule has 3 aliphatic carbocycles. The van der Waals surface area contributed by atoms with E-state index in [1.807, 2.05) is 9.80 Å². The number of ether oxygens (including phenoxy) is 3. The number of hydrogen-bond donors (Lipinski definition) is 6. The quantitative estimate of drug-likeness (QED) is 0.0365. The minimum atomic E-state index is -1.74. The van der Waals surface area contributed by atoms with Crippen molar-refractivity contribution in [3.05, 3.63) is 50.3 Å². The number of aliphatic carboxylic acids is 1. The number of carbonyl (C=O) groups excluding carboxylic acids is 2. The first kappa shape index (κ1) is 84.1. The standard InChI is InChI=1S/C21H30N4O2S.C20H28N4O3S.C17H24N4OS.C9H20O3Si.C4H10O.C3H8O2/c1-4-5-18(26)25-11-10-17-16(12-25)19-20(22-13-23-21(19)28-17)27-15-8-6-14(7-9-15)24(2)3;1-23(2)13-3-5-14(6-4-13)27-19-18-15-11-24(17(26)8-10-25)9-7-16(15)28-20(18)22-12-21-19;1-21(2)11-3-5-12(6-4-11)22-16-15-13-9-18-8-7-14(13)23-17(15)20-10-19-16;1-9(2,3)13(4,5)12-7-6-8(10)11;1-2-3-4-5;4-2-1-3-5/h13-15H,4-12H2,1-3H3;12-14,25H,3-11H2,1-2H3;10-12,18H,3-9H2,1-2H3;6-7H2,1-5H3,(H,10,11);5H,2-4H2,1H3;4-5H,1-3H2. The molecule has 24 nitrogen and oxygen atoms in total. The van der Waals surface area contributed by atoms with E-state index in [9.17, 15) is 14.4 Å². The molecule has 9 heterocycles. The second kappa shape index (κ2) is 41.6. The number of carboxylic acids is 1. The molecule has 0 spiro atoms. The fraction of sp³-hybridized carbons (Fsp3) is 0.716. The van der Waals surface area contributed by atoms with Crippen molar-refractivity contribution in [3.8, 4) is 17.6 Å². The number of hydrogen-bond acceptors (Lipinski definition) is 24. The van der Waals surface area contributed by atoms with Gasteiger partial charge in [0.05, 0.1) is 29.2 Å². The van der Waals surface area contributed by atoms with E-state index in [1.54, 1.807) is 53.0 Å². The first-order chi connectivity index (χ1) is 48.8. The van der Waals surface area contributed by atoms with Gasteiger partial charge in [-0.1, -0.05) is 41.0 Å². The van der Waals surface area contributed by atoms with Crippen LogP contribution in [0.4, 0.5) is 0 Å². The monoisotopic (exact) mass is 1490 g/mol. The number of aliphatic hydroxyl groups excluding tert-OH is 4. The zero-order chi connectivity index (χ0) is 74.1. The van der Waals surface area contributed by atoms with E-state index in [-0.39, 0.29) is 67.8 Å². The van der Waals surface area contributed by atoms with Gasteiger partial charge in [-0.25, -0.2) is 29.9 Å². The highest BCUT2D eigenvalue weighted by Crippen LogP contribution is 2.43. The molecular weight excluding hydrogens is 1370 g/mol. The number of nitrogens with zero attached hydrogens (tertiary/aromatic N) is 11. The van der Waals surface area contributed by atoms with Crippen LogP contribution < -0.4 is 19.5 Å². The van der Waals surface area contributed by atoms with Gasteiger partial charge in [-0.05, 0) is 182 Å². The molecule has 0 atom stereocenters. The van der Waals surface area contributed by atoms with Crippen molar-refractivity contribution in [2.24, 2.45) is 0 Å². The van der Waals surface area contributed by atoms with E-state index >= 15 is 0 Å². The van der Waals surface area contributed by atoms with Crippen LogP contribution in [0.15, 0.2) is 19.0 Å². The van der Waals surface area contributed by atoms with Crippen molar-refractivity contribution in [2.75, 3.05) is 95.0 Å². The van der Waals surface area contributed by atoms with Crippen LogP contribution in [0.2, 0.25) is 18.1 Å². The highest BCUT2D eigenvalue weighted by molar-refractivity contribution is 7.19. The fourth-order valence-electron chi connectivity index (χ4n) is 13.2. The van der Waals surface area contributed by atoms with Gasteiger partial charge >= 0.3 is 5.97 Å². The second-order valence-electron chi connectivity index (χ2n) is 29.5. The Labute approximate surface area is 618 Å². The molecule has 0 bridgehead atoms. The molecule has 0 saturated heterocycles. The number of carboxylic acid groups (broad SMARTS) is 1. The van der Waals surface area contributed by atoms with Crippen LogP contribution in [-0.4, -0.2) is 237 Å². The van der Waals surface area contributed by atoms with Crippen molar-refractivity contribution in [1.82, 2.24) is 59.7 Å². The van der Waals surface area contributed by atoms with Crippen LogP contribution in [0, 0.1) is 0 Å². The fourth-order valence-corrected chi connectivity index (χ4v) is 17.7. The summed E-state index contributed by atoms with van der Waals surface area (Å²) in [5, 5.41) is 48.2. The number of thiophene rings is 3. The third kappa shape index (κ3) is 24.2. The van der Waals surface area contributed by atoms with Crippen LogP contribution in [0.1, 0.15) is 188 Å². The molecule has 2 amide bonds. The third-order valence-corrected chi connectivity index (χ3v) is 28.7. The molecule has 0 unspecified atom stereocenters. The zero-order valence-corrected chi connectivity index (χ0v) is 66.7. The highest BCUT2D eigenvalue weighted by atomic mass is 32.1. The Balaban J connectivity index is 0.000000187. The van der Waals surface area contributed by atoms with Gasteiger partial charge < -0.3 is 74.0 Å². The third-order valence-electron chi connectivity index (χ3n) is 20.5. The van der Waals surface area contributed by atoms with Crippen molar-refractivity contribution in [2.45, 2.75) is 250 Å². The number of nitrogens with one attached hydrogen (secondary N) is 1. The molecule has 6 N–H and O–H groups in total. The lowest BCUT2D eigenvalue weighted by Gasteiger charge is -2.35. The summed E-state index contributed by atoms with van der Waals surface area (Å²) in [4.78, 5) is 79.6. The number of aliphatic hydroxyl groups is 4. The van der Waals surface area contributed by atoms with Gasteiger partial charge in [0.1, 0.15) is 51.8 Å². The molecular formula is C74H120N12O12S3Si. The SMILES string of the molecule is CC(C)(C)[Si](C)(C)OCCC(=O)O.CCCC(=O)N1CCc2sc3ncnc(OC4CCC(N(C)C)CC4)c3c2C1.CCCCO.CN(C)C1CCC(Oc2ncnc3sc4c(c23)CN(C(=O)CCO)CC4)CC1.CN(C)C1CCC(Oc2ncnc3sc4c(c23)CNCC4)CC1.OCCCO. The molecule has 6 aromatic heterocycles. The van der Waals surface area contributed by atoms with Crippen molar-refractivity contribution >= 4 is 90.8 Å². The van der Waals surface area contributed by atoms with Crippen molar-refractivity contribution in [1.29, 1.82) is 0 Å². The lowest BCUT2D eigenvalue weighted by Crippen LogP contribution is -2.41. The zero-order valence-electron chi connectivity index (χ0n) is 63.3. The van der Waals surface area contributed by atoms with Gasteiger partial charge in [0.15, 0.2) is 8.32 Å². The number of rotatable bonds is 21. The molecule has 0 radical (unpaired) electrons. The summed E-state index contributed by atoms with van der Waals surface area (Å²) in [5.41, 5.74) is 3.68. The number of fused-ring (bicyclic) bond motifs is 9. The Morgan fingerprint density at radius 1 is 0.529 bits per heavy atom. The van der Waals surface area contributed by atoms with E-state index in [0.717, 1.165) is 164 Å². The predicted molar refractivity (Wildman–Crippen MR) is 410 cm³/mol. The van der Waals surface area contributed by atoms with Gasteiger partial charge in [-0.2, -0.15) is 0 Å². The number of unbranched alkanes of at least 4 members (excludes halogenated alkanes) is 1. The lowest BCUT2D eigenvalue weighted by atomic mass is 9.92. The van der Waals surface area contributed by atoms with Crippen LogP contribution in [0.3, 0.4) is 0 Å². The molecule has 570 valence electrons. The minimum Gasteiger partial charge on any atom is -0.481 e. The predicted octanol–water partition coefficient (Wildman–Crippen LogP) is 11.0. The van der Waals surface area contributed by atoms with E-state index in [4.69, 9.17) is 44.2 Å². The van der Waals surface area contributed by atoms with Crippen molar-refractivity contribution in [3.63, 3.8) is 0 Å². The average Bonchev–Trinajstić information content (AvgIpc) is 1.63. The molecule has 28 heteroatoms. The Morgan fingerprint density at radius 3 is 1.24 bits per heavy atom. The maximum Gasteiger partial charge on any atom is 0.305 e. The first-order valence-electron chi connectivity index (χ1n) is 37.2. The second-order valence-corrected chi connectivity index (χ2v) is 37.6. The molecule has 6 aliphatic rings.